The van der Waals surface area contributed by atoms with Crippen molar-refractivity contribution < 1.29 is 0 Å². The fraction of sp³-hybridized carbons (Fsp3) is 0.200. The van der Waals surface area contributed by atoms with Crippen molar-refractivity contribution >= 4 is 17.4 Å². The molecule has 0 spiro atoms. The van der Waals surface area contributed by atoms with Crippen LogP contribution in [0.2, 0.25) is 0 Å². The number of hydrogen-bond acceptors (Lipinski definition) is 2. The van der Waals surface area contributed by atoms with E-state index in [9.17, 15) is 0 Å². The molecule has 0 radical (unpaired) electrons. The molecule has 0 aliphatic heterocycles. The number of benzene rings is 2. The summed E-state index contributed by atoms with van der Waals surface area (Å²) in [6.45, 7) is 6.38. The standard InChI is InChI=1S/C15H17NS/c1-10-4-6-14(11(2)8-10)17-15-7-5-13(16)9-12(15)3/h4-9H,16H2,1-3H3. The van der Waals surface area contributed by atoms with Crippen LogP contribution in [0.5, 0.6) is 0 Å². The first-order valence-corrected chi connectivity index (χ1v) is 6.49. The van der Waals surface area contributed by atoms with Crippen molar-refractivity contribution in [2.24, 2.45) is 0 Å². The molecule has 0 unspecified atom stereocenters. The maximum Gasteiger partial charge on any atom is 0.0317 e. The lowest BCUT2D eigenvalue weighted by atomic mass is 10.2. The molecule has 0 aliphatic carbocycles. The fourth-order valence-electron chi connectivity index (χ4n) is 1.82. The Balaban J connectivity index is 2.31. The monoisotopic (exact) mass is 243 g/mol. The highest BCUT2D eigenvalue weighted by molar-refractivity contribution is 7.99. The van der Waals surface area contributed by atoms with Crippen LogP contribution in [0.3, 0.4) is 0 Å². The molecule has 0 amide bonds. The van der Waals surface area contributed by atoms with Gasteiger partial charge in [-0.25, -0.2) is 0 Å². The second kappa shape index (κ2) is 4.84. The number of anilines is 1. The molecular weight excluding hydrogens is 226 g/mol. The minimum atomic E-state index is 0.826. The van der Waals surface area contributed by atoms with E-state index >= 15 is 0 Å². The summed E-state index contributed by atoms with van der Waals surface area (Å²) in [5.74, 6) is 0. The smallest absolute Gasteiger partial charge is 0.0317 e. The van der Waals surface area contributed by atoms with E-state index in [0.29, 0.717) is 0 Å². The quantitative estimate of drug-likeness (QED) is 0.794. The Morgan fingerprint density at radius 3 is 2.00 bits per heavy atom. The lowest BCUT2D eigenvalue weighted by Gasteiger charge is -2.09. The van der Waals surface area contributed by atoms with Gasteiger partial charge in [0.25, 0.3) is 0 Å². The Labute approximate surface area is 107 Å². The van der Waals surface area contributed by atoms with E-state index in [1.54, 1.807) is 11.8 Å². The molecule has 0 aromatic heterocycles. The molecule has 2 aromatic rings. The van der Waals surface area contributed by atoms with Crippen LogP contribution >= 0.6 is 11.8 Å². The summed E-state index contributed by atoms with van der Waals surface area (Å²) >= 11 is 1.80. The zero-order valence-electron chi connectivity index (χ0n) is 10.4. The average molecular weight is 243 g/mol. The van der Waals surface area contributed by atoms with E-state index in [-0.39, 0.29) is 0 Å². The van der Waals surface area contributed by atoms with Gasteiger partial charge in [-0.05, 0) is 56.2 Å². The van der Waals surface area contributed by atoms with Crippen LogP contribution in [-0.4, -0.2) is 0 Å². The van der Waals surface area contributed by atoms with Gasteiger partial charge in [-0.3, -0.25) is 0 Å². The highest BCUT2D eigenvalue weighted by Gasteiger charge is 2.04. The minimum Gasteiger partial charge on any atom is -0.399 e. The summed E-state index contributed by atoms with van der Waals surface area (Å²) in [6.07, 6.45) is 0. The van der Waals surface area contributed by atoms with E-state index in [1.165, 1.54) is 26.5 Å². The van der Waals surface area contributed by atoms with Crippen molar-refractivity contribution in [2.45, 2.75) is 30.6 Å². The molecule has 0 atom stereocenters. The Morgan fingerprint density at radius 1 is 0.824 bits per heavy atom. The van der Waals surface area contributed by atoms with E-state index in [4.69, 9.17) is 5.73 Å². The molecule has 1 nitrogen and oxygen atoms in total. The molecule has 0 aliphatic rings. The summed E-state index contributed by atoms with van der Waals surface area (Å²) < 4.78 is 0. The maximum atomic E-state index is 5.76. The number of aryl methyl sites for hydroxylation is 3. The Kier molecular flexibility index (Phi) is 3.43. The third-order valence-electron chi connectivity index (χ3n) is 2.75. The fourth-order valence-corrected chi connectivity index (χ4v) is 2.77. The van der Waals surface area contributed by atoms with Crippen molar-refractivity contribution in [1.29, 1.82) is 0 Å². The van der Waals surface area contributed by atoms with Gasteiger partial charge in [0.1, 0.15) is 0 Å². The number of nitrogens with two attached hydrogens (primary N) is 1. The van der Waals surface area contributed by atoms with Crippen molar-refractivity contribution in [1.82, 2.24) is 0 Å². The van der Waals surface area contributed by atoms with Crippen molar-refractivity contribution in [2.75, 3.05) is 5.73 Å². The zero-order valence-corrected chi connectivity index (χ0v) is 11.3. The Morgan fingerprint density at radius 2 is 1.41 bits per heavy atom. The van der Waals surface area contributed by atoms with E-state index < -0.39 is 0 Å². The molecule has 2 aromatic carbocycles. The molecule has 0 heterocycles. The molecule has 2 N–H and O–H groups in total. The summed E-state index contributed by atoms with van der Waals surface area (Å²) in [7, 11) is 0. The SMILES string of the molecule is Cc1ccc(Sc2ccc(N)cc2C)c(C)c1. The summed E-state index contributed by atoms with van der Waals surface area (Å²) in [5.41, 5.74) is 10.5. The zero-order chi connectivity index (χ0) is 12.4. The van der Waals surface area contributed by atoms with Crippen LogP contribution in [0.1, 0.15) is 16.7 Å². The van der Waals surface area contributed by atoms with Gasteiger partial charge in [0.15, 0.2) is 0 Å². The molecule has 0 bridgehead atoms. The lowest BCUT2D eigenvalue weighted by molar-refractivity contribution is 1.24. The van der Waals surface area contributed by atoms with Gasteiger partial charge in [0, 0.05) is 15.5 Å². The van der Waals surface area contributed by atoms with Gasteiger partial charge < -0.3 is 5.73 Å². The van der Waals surface area contributed by atoms with Gasteiger partial charge in [-0.1, -0.05) is 29.5 Å². The van der Waals surface area contributed by atoms with Gasteiger partial charge >= 0.3 is 0 Å². The summed E-state index contributed by atoms with van der Waals surface area (Å²) in [6, 6.07) is 12.6. The lowest BCUT2D eigenvalue weighted by Crippen LogP contribution is -1.88. The van der Waals surface area contributed by atoms with Gasteiger partial charge in [-0.15, -0.1) is 0 Å². The van der Waals surface area contributed by atoms with Gasteiger partial charge in [0.05, 0.1) is 0 Å². The average Bonchev–Trinajstić information content (AvgIpc) is 2.25. The number of rotatable bonds is 2. The van der Waals surface area contributed by atoms with Crippen LogP contribution in [0.4, 0.5) is 5.69 Å². The van der Waals surface area contributed by atoms with Gasteiger partial charge in [0.2, 0.25) is 0 Å². The van der Waals surface area contributed by atoms with Gasteiger partial charge in [-0.2, -0.15) is 0 Å². The van der Waals surface area contributed by atoms with Crippen LogP contribution in [0.25, 0.3) is 0 Å². The van der Waals surface area contributed by atoms with Crippen LogP contribution in [0, 0.1) is 20.8 Å². The molecule has 2 rings (SSSR count). The van der Waals surface area contributed by atoms with Crippen LogP contribution in [-0.2, 0) is 0 Å². The first kappa shape index (κ1) is 12.1. The third kappa shape index (κ3) is 2.83. The predicted molar refractivity (Wildman–Crippen MR) is 75.6 cm³/mol. The molecular formula is C15H17NS. The topological polar surface area (TPSA) is 26.0 Å². The molecule has 17 heavy (non-hydrogen) atoms. The third-order valence-corrected chi connectivity index (χ3v) is 4.11. The highest BCUT2D eigenvalue weighted by atomic mass is 32.2. The minimum absolute atomic E-state index is 0.826. The molecule has 0 fully saturated rings. The molecule has 2 heteroatoms. The number of nitrogen functional groups attached to an aromatic ring is 1. The van der Waals surface area contributed by atoms with Crippen molar-refractivity contribution in [3.63, 3.8) is 0 Å². The summed E-state index contributed by atoms with van der Waals surface area (Å²) in [5, 5.41) is 0. The largest absolute Gasteiger partial charge is 0.399 e. The number of hydrogen-bond donors (Lipinski definition) is 1. The second-order valence-corrected chi connectivity index (χ2v) is 5.48. The first-order valence-electron chi connectivity index (χ1n) is 5.67. The normalized spacial score (nSPS) is 10.5. The summed E-state index contributed by atoms with van der Waals surface area (Å²) in [4.78, 5) is 2.58. The van der Waals surface area contributed by atoms with Crippen LogP contribution < -0.4 is 5.73 Å². The first-order chi connectivity index (χ1) is 8.06. The Hall–Kier alpha value is -1.41. The molecule has 0 saturated heterocycles. The molecule has 88 valence electrons. The van der Waals surface area contributed by atoms with Crippen molar-refractivity contribution in [3.8, 4) is 0 Å². The second-order valence-electron chi connectivity index (χ2n) is 4.40. The maximum absolute atomic E-state index is 5.76. The van der Waals surface area contributed by atoms with Crippen molar-refractivity contribution in [3.05, 3.63) is 53.1 Å². The molecule has 0 saturated carbocycles. The van der Waals surface area contributed by atoms with E-state index in [1.807, 2.05) is 12.1 Å². The predicted octanol–water partition coefficient (Wildman–Crippen LogP) is 4.35. The van der Waals surface area contributed by atoms with Crippen LogP contribution in [0.15, 0.2) is 46.2 Å². The van der Waals surface area contributed by atoms with E-state index in [0.717, 1.165) is 5.69 Å². The highest BCUT2D eigenvalue weighted by Crippen LogP contribution is 2.33. The van der Waals surface area contributed by atoms with E-state index in [2.05, 4.69) is 45.0 Å². The Bertz CT molecular complexity index is 497.